The molecular formula is C9H15N3O2. The molecule has 1 aromatic rings. The molecule has 0 amide bonds. The van der Waals surface area contributed by atoms with E-state index in [1.165, 1.54) is 0 Å². The Kier molecular flexibility index (Phi) is 2.52. The van der Waals surface area contributed by atoms with Crippen molar-refractivity contribution in [3.05, 3.63) is 11.8 Å². The first-order valence-corrected chi connectivity index (χ1v) is 4.91. The van der Waals surface area contributed by atoms with Crippen LogP contribution in [0.3, 0.4) is 0 Å². The van der Waals surface area contributed by atoms with Crippen LogP contribution in [0.15, 0.2) is 4.42 Å². The van der Waals surface area contributed by atoms with Crippen LogP contribution in [0.25, 0.3) is 0 Å². The molecule has 2 heterocycles. The predicted molar refractivity (Wildman–Crippen MR) is 49.3 cm³/mol. The van der Waals surface area contributed by atoms with Crippen LogP contribution in [0.2, 0.25) is 0 Å². The van der Waals surface area contributed by atoms with E-state index in [4.69, 9.17) is 14.9 Å². The van der Waals surface area contributed by atoms with Gasteiger partial charge in [-0.2, -0.15) is 0 Å². The summed E-state index contributed by atoms with van der Waals surface area (Å²) in [5.74, 6) is 1.02. The van der Waals surface area contributed by atoms with Crippen LogP contribution in [-0.2, 0) is 16.9 Å². The van der Waals surface area contributed by atoms with Crippen molar-refractivity contribution in [2.24, 2.45) is 5.73 Å². The summed E-state index contributed by atoms with van der Waals surface area (Å²) in [6, 6.07) is 0. The van der Waals surface area contributed by atoms with E-state index in [1.54, 1.807) is 0 Å². The molecule has 5 heteroatoms. The quantitative estimate of drug-likeness (QED) is 0.763. The summed E-state index contributed by atoms with van der Waals surface area (Å²) in [5.41, 5.74) is 4.99. The van der Waals surface area contributed by atoms with Gasteiger partial charge in [-0.05, 0) is 26.2 Å². The molecular weight excluding hydrogens is 182 g/mol. The molecule has 0 aliphatic carbocycles. The maximum atomic E-state index is 5.67. The maximum Gasteiger partial charge on any atom is 0.248 e. The highest BCUT2D eigenvalue weighted by atomic mass is 16.5. The molecule has 1 aromatic heterocycles. The summed E-state index contributed by atoms with van der Waals surface area (Å²) in [5, 5.41) is 7.79. The predicted octanol–water partition coefficient (Wildman–Crippen LogP) is 0.944. The normalized spacial score (nSPS) is 27.9. The smallest absolute Gasteiger partial charge is 0.248 e. The fourth-order valence-electron chi connectivity index (χ4n) is 1.65. The van der Waals surface area contributed by atoms with E-state index in [-0.39, 0.29) is 6.54 Å². The van der Waals surface area contributed by atoms with Crippen LogP contribution >= 0.6 is 0 Å². The van der Waals surface area contributed by atoms with E-state index in [0.717, 1.165) is 25.9 Å². The number of nitrogens with two attached hydrogens (primary N) is 1. The SMILES string of the molecule is CC1(c2nnc(CN)o2)CCCCO1. The molecule has 0 spiro atoms. The second kappa shape index (κ2) is 3.67. The van der Waals surface area contributed by atoms with E-state index in [2.05, 4.69) is 10.2 Å². The van der Waals surface area contributed by atoms with E-state index >= 15 is 0 Å². The average Bonchev–Trinajstić information content (AvgIpc) is 2.67. The van der Waals surface area contributed by atoms with Crippen LogP contribution in [0.4, 0.5) is 0 Å². The molecule has 0 radical (unpaired) electrons. The summed E-state index contributed by atoms with van der Waals surface area (Å²) >= 11 is 0. The summed E-state index contributed by atoms with van der Waals surface area (Å²) in [7, 11) is 0. The lowest BCUT2D eigenvalue weighted by atomic mass is 9.96. The molecule has 0 bridgehead atoms. The van der Waals surface area contributed by atoms with Crippen LogP contribution in [-0.4, -0.2) is 16.8 Å². The Morgan fingerprint density at radius 1 is 1.43 bits per heavy atom. The summed E-state index contributed by atoms with van der Waals surface area (Å²) < 4.78 is 11.1. The molecule has 1 saturated heterocycles. The first kappa shape index (κ1) is 9.61. The summed E-state index contributed by atoms with van der Waals surface area (Å²) in [6.07, 6.45) is 3.17. The maximum absolute atomic E-state index is 5.67. The van der Waals surface area contributed by atoms with Gasteiger partial charge in [-0.15, -0.1) is 10.2 Å². The Morgan fingerprint density at radius 2 is 2.29 bits per heavy atom. The molecule has 0 saturated carbocycles. The highest BCUT2D eigenvalue weighted by Crippen LogP contribution is 2.33. The lowest BCUT2D eigenvalue weighted by Crippen LogP contribution is -2.30. The van der Waals surface area contributed by atoms with Crippen molar-refractivity contribution in [1.82, 2.24) is 10.2 Å². The van der Waals surface area contributed by atoms with Crippen molar-refractivity contribution >= 4 is 0 Å². The topological polar surface area (TPSA) is 74.2 Å². The number of rotatable bonds is 2. The summed E-state index contributed by atoms with van der Waals surface area (Å²) in [4.78, 5) is 0. The van der Waals surface area contributed by atoms with Crippen molar-refractivity contribution in [3.63, 3.8) is 0 Å². The number of aromatic nitrogens is 2. The minimum atomic E-state index is -0.404. The van der Waals surface area contributed by atoms with Gasteiger partial charge in [0, 0.05) is 6.61 Å². The number of nitrogens with zero attached hydrogens (tertiary/aromatic N) is 2. The highest BCUT2D eigenvalue weighted by molar-refractivity contribution is 4.96. The number of hydrogen-bond acceptors (Lipinski definition) is 5. The van der Waals surface area contributed by atoms with Crippen molar-refractivity contribution < 1.29 is 9.15 Å². The third kappa shape index (κ3) is 1.65. The molecule has 1 aliphatic heterocycles. The standard InChI is InChI=1S/C9H15N3O2/c1-9(4-2-3-5-13-9)8-12-11-7(6-10)14-8/h2-6,10H2,1H3. The minimum absolute atomic E-state index is 0.281. The molecule has 1 aliphatic rings. The lowest BCUT2D eigenvalue weighted by molar-refractivity contribution is -0.0871. The first-order chi connectivity index (χ1) is 6.74. The average molecular weight is 197 g/mol. The van der Waals surface area contributed by atoms with Crippen LogP contribution in [0.1, 0.15) is 38.0 Å². The Hall–Kier alpha value is -0.940. The zero-order chi connectivity index (χ0) is 10.0. The van der Waals surface area contributed by atoms with Crippen molar-refractivity contribution in [2.75, 3.05) is 6.61 Å². The number of ether oxygens (including phenoxy) is 1. The zero-order valence-corrected chi connectivity index (χ0v) is 8.32. The van der Waals surface area contributed by atoms with Crippen molar-refractivity contribution in [2.45, 2.75) is 38.3 Å². The Bertz CT molecular complexity index is 305. The Labute approximate surface area is 82.6 Å². The molecule has 5 nitrogen and oxygen atoms in total. The molecule has 1 unspecified atom stereocenters. The van der Waals surface area contributed by atoms with E-state index < -0.39 is 5.60 Å². The van der Waals surface area contributed by atoms with Crippen LogP contribution < -0.4 is 5.73 Å². The van der Waals surface area contributed by atoms with Crippen molar-refractivity contribution in [1.29, 1.82) is 0 Å². The van der Waals surface area contributed by atoms with Crippen LogP contribution in [0, 0.1) is 0 Å². The fourth-order valence-corrected chi connectivity index (χ4v) is 1.65. The van der Waals surface area contributed by atoms with Gasteiger partial charge in [0.1, 0.15) is 5.60 Å². The molecule has 2 rings (SSSR count). The van der Waals surface area contributed by atoms with Gasteiger partial charge in [0.15, 0.2) is 0 Å². The van der Waals surface area contributed by atoms with E-state index in [0.29, 0.717) is 11.8 Å². The van der Waals surface area contributed by atoms with Gasteiger partial charge in [0.2, 0.25) is 11.8 Å². The van der Waals surface area contributed by atoms with E-state index in [9.17, 15) is 0 Å². The van der Waals surface area contributed by atoms with Gasteiger partial charge in [0.25, 0.3) is 0 Å². The minimum Gasteiger partial charge on any atom is -0.421 e. The third-order valence-corrected chi connectivity index (χ3v) is 2.56. The van der Waals surface area contributed by atoms with Gasteiger partial charge in [-0.3, -0.25) is 0 Å². The fraction of sp³-hybridized carbons (Fsp3) is 0.778. The molecule has 1 atom stereocenters. The zero-order valence-electron chi connectivity index (χ0n) is 8.32. The van der Waals surface area contributed by atoms with Crippen LogP contribution in [0.5, 0.6) is 0 Å². The summed E-state index contributed by atoms with van der Waals surface area (Å²) in [6.45, 7) is 3.03. The molecule has 0 aromatic carbocycles. The van der Waals surface area contributed by atoms with Gasteiger partial charge in [-0.1, -0.05) is 0 Å². The van der Waals surface area contributed by atoms with E-state index in [1.807, 2.05) is 6.92 Å². The molecule has 14 heavy (non-hydrogen) atoms. The second-order valence-electron chi connectivity index (χ2n) is 3.74. The third-order valence-electron chi connectivity index (χ3n) is 2.56. The monoisotopic (exact) mass is 197 g/mol. The van der Waals surface area contributed by atoms with Gasteiger partial charge < -0.3 is 14.9 Å². The highest BCUT2D eigenvalue weighted by Gasteiger charge is 2.35. The molecule has 2 N–H and O–H groups in total. The first-order valence-electron chi connectivity index (χ1n) is 4.91. The number of hydrogen-bond donors (Lipinski definition) is 1. The van der Waals surface area contributed by atoms with Gasteiger partial charge in [0.05, 0.1) is 6.54 Å². The Morgan fingerprint density at radius 3 is 2.86 bits per heavy atom. The molecule has 1 fully saturated rings. The van der Waals surface area contributed by atoms with Gasteiger partial charge in [-0.25, -0.2) is 0 Å². The largest absolute Gasteiger partial charge is 0.421 e. The lowest BCUT2D eigenvalue weighted by Gasteiger charge is -2.30. The second-order valence-corrected chi connectivity index (χ2v) is 3.74. The molecule has 78 valence electrons. The van der Waals surface area contributed by atoms with Gasteiger partial charge >= 0.3 is 0 Å². The van der Waals surface area contributed by atoms with Crippen molar-refractivity contribution in [3.8, 4) is 0 Å². The Balaban J connectivity index is 2.19.